The summed E-state index contributed by atoms with van der Waals surface area (Å²) in [5, 5.41) is 2.92. The molecule has 1 heterocycles. The molecule has 6 nitrogen and oxygen atoms in total. The van der Waals surface area contributed by atoms with E-state index in [0.717, 1.165) is 0 Å². The molecule has 0 atom stereocenters. The molecule has 0 aromatic carbocycles. The molecule has 116 valence electrons. The molecule has 0 amide bonds. The first-order valence-electron chi connectivity index (χ1n) is 6.59. The number of aryl methyl sites for hydroxylation is 1. The van der Waals surface area contributed by atoms with Crippen molar-refractivity contribution in [1.29, 1.82) is 0 Å². The maximum absolute atomic E-state index is 12.3. The summed E-state index contributed by atoms with van der Waals surface area (Å²) in [6.45, 7) is 8.42. The topological polar surface area (TPSA) is 80.6 Å². The summed E-state index contributed by atoms with van der Waals surface area (Å²) in [5.74, 6) is 0.978. The first-order chi connectivity index (χ1) is 9.22. The van der Waals surface area contributed by atoms with Gasteiger partial charge in [-0.3, -0.25) is 0 Å². The van der Waals surface area contributed by atoms with E-state index in [1.54, 1.807) is 20.0 Å². The van der Waals surface area contributed by atoms with Crippen LogP contribution >= 0.6 is 0 Å². The van der Waals surface area contributed by atoms with Crippen LogP contribution < -0.4 is 10.0 Å². The Bertz CT molecular complexity index is 535. The smallest absolute Gasteiger partial charge is 0.244 e. The maximum Gasteiger partial charge on any atom is 0.244 e. The van der Waals surface area contributed by atoms with Crippen LogP contribution in [0.5, 0.6) is 0 Å². The molecule has 20 heavy (non-hydrogen) atoms. The lowest BCUT2D eigenvalue weighted by Gasteiger charge is -2.24. The van der Waals surface area contributed by atoms with Gasteiger partial charge in [0.2, 0.25) is 10.0 Å². The molecule has 0 fully saturated rings. The van der Waals surface area contributed by atoms with Gasteiger partial charge in [0.15, 0.2) is 0 Å². The molecule has 0 aliphatic carbocycles. The van der Waals surface area contributed by atoms with Crippen molar-refractivity contribution < 1.29 is 17.6 Å². The van der Waals surface area contributed by atoms with Crippen molar-refractivity contribution >= 4 is 10.0 Å². The van der Waals surface area contributed by atoms with Crippen LogP contribution in [0.1, 0.15) is 32.3 Å². The molecule has 1 rings (SSSR count). The number of nitrogens with one attached hydrogen (secondary N) is 2. The Morgan fingerprint density at radius 1 is 1.40 bits per heavy atom. The van der Waals surface area contributed by atoms with Gasteiger partial charge in [0, 0.05) is 19.2 Å². The van der Waals surface area contributed by atoms with Gasteiger partial charge in [-0.2, -0.15) is 0 Å². The molecular formula is C13H24N2O4S. The highest BCUT2D eigenvalue weighted by Gasteiger charge is 2.25. The van der Waals surface area contributed by atoms with Crippen LogP contribution in [-0.4, -0.2) is 34.2 Å². The van der Waals surface area contributed by atoms with E-state index in [9.17, 15) is 8.42 Å². The van der Waals surface area contributed by atoms with E-state index < -0.39 is 15.6 Å². The Morgan fingerprint density at radius 3 is 2.60 bits per heavy atom. The van der Waals surface area contributed by atoms with Gasteiger partial charge >= 0.3 is 0 Å². The Labute approximate surface area is 120 Å². The zero-order valence-electron chi connectivity index (χ0n) is 12.7. The maximum atomic E-state index is 12.3. The molecule has 1 aromatic rings. The minimum absolute atomic E-state index is 0.176. The lowest BCUT2D eigenvalue weighted by atomic mass is 10.1. The van der Waals surface area contributed by atoms with E-state index in [2.05, 4.69) is 10.0 Å². The van der Waals surface area contributed by atoms with Crippen molar-refractivity contribution in [1.82, 2.24) is 10.0 Å². The third kappa shape index (κ3) is 4.59. The summed E-state index contributed by atoms with van der Waals surface area (Å²) < 4.78 is 38.0. The predicted octanol–water partition coefficient (Wildman–Crippen LogP) is 1.40. The third-order valence-electron chi connectivity index (χ3n) is 2.79. The quantitative estimate of drug-likeness (QED) is 0.759. The minimum atomic E-state index is -3.59. The summed E-state index contributed by atoms with van der Waals surface area (Å²) in [5.41, 5.74) is -0.548. The van der Waals surface area contributed by atoms with Crippen molar-refractivity contribution in [3.05, 3.63) is 17.6 Å². The minimum Gasteiger partial charge on any atom is -0.464 e. The molecule has 0 saturated carbocycles. The monoisotopic (exact) mass is 304 g/mol. The van der Waals surface area contributed by atoms with Gasteiger partial charge < -0.3 is 14.5 Å². The average Bonchev–Trinajstić information content (AvgIpc) is 2.69. The summed E-state index contributed by atoms with van der Waals surface area (Å²) in [7, 11) is -1.82. The van der Waals surface area contributed by atoms with Gasteiger partial charge in [-0.25, -0.2) is 13.1 Å². The Hall–Kier alpha value is -0.890. The van der Waals surface area contributed by atoms with Crippen molar-refractivity contribution in [2.45, 2.75) is 44.7 Å². The fourth-order valence-corrected chi connectivity index (χ4v) is 3.24. The lowest BCUT2D eigenvalue weighted by Crippen LogP contribution is -2.40. The molecule has 2 N–H and O–H groups in total. The molecule has 0 unspecified atom stereocenters. The summed E-state index contributed by atoms with van der Waals surface area (Å²) in [6, 6.07) is 1.54. The van der Waals surface area contributed by atoms with Crippen LogP contribution in [0.25, 0.3) is 0 Å². The van der Waals surface area contributed by atoms with Crippen molar-refractivity contribution in [2.24, 2.45) is 0 Å². The van der Waals surface area contributed by atoms with E-state index in [1.165, 1.54) is 0 Å². The largest absolute Gasteiger partial charge is 0.464 e. The number of rotatable bonds is 8. The van der Waals surface area contributed by atoms with Crippen LogP contribution in [0, 0.1) is 6.92 Å². The fourth-order valence-electron chi connectivity index (χ4n) is 1.84. The second-order valence-corrected chi connectivity index (χ2v) is 6.92. The Morgan fingerprint density at radius 2 is 2.05 bits per heavy atom. The van der Waals surface area contributed by atoms with Gasteiger partial charge in [-0.05, 0) is 34.7 Å². The van der Waals surface area contributed by atoms with Gasteiger partial charge in [0.25, 0.3) is 0 Å². The standard InChI is InChI=1S/C13H24N2O4S/c1-6-18-13(3,4)9-15-20(16,17)12-7-11(8-14-5)19-10(12)2/h7,14-15H,6,8-9H2,1-5H3. The number of hydrogen-bond donors (Lipinski definition) is 2. The van der Waals surface area contributed by atoms with E-state index >= 15 is 0 Å². The Balaban J connectivity index is 2.83. The molecular weight excluding hydrogens is 280 g/mol. The number of hydrogen-bond acceptors (Lipinski definition) is 5. The molecule has 1 aromatic heterocycles. The van der Waals surface area contributed by atoms with Crippen LogP contribution in [0.3, 0.4) is 0 Å². The second kappa shape index (κ2) is 6.71. The van der Waals surface area contributed by atoms with Gasteiger partial charge in [0.05, 0.1) is 12.1 Å². The van der Waals surface area contributed by atoms with Crippen LogP contribution in [0.2, 0.25) is 0 Å². The first-order valence-corrected chi connectivity index (χ1v) is 8.07. The van der Waals surface area contributed by atoms with Gasteiger partial charge in [-0.1, -0.05) is 0 Å². The Kier molecular flexibility index (Phi) is 5.76. The molecule has 0 saturated heterocycles. The molecule has 0 bridgehead atoms. The summed E-state index contributed by atoms with van der Waals surface area (Å²) >= 11 is 0. The van der Waals surface area contributed by atoms with Gasteiger partial charge in [0.1, 0.15) is 16.4 Å². The van der Waals surface area contributed by atoms with Crippen LogP contribution in [-0.2, 0) is 21.3 Å². The highest BCUT2D eigenvalue weighted by Crippen LogP contribution is 2.20. The molecule has 0 radical (unpaired) electrons. The van der Waals surface area contributed by atoms with Gasteiger partial charge in [-0.15, -0.1) is 0 Å². The first kappa shape index (κ1) is 17.2. The summed E-state index contributed by atoms with van der Waals surface area (Å²) in [4.78, 5) is 0.176. The van der Waals surface area contributed by atoms with Crippen LogP contribution in [0.4, 0.5) is 0 Å². The molecule has 7 heteroatoms. The van der Waals surface area contributed by atoms with Crippen molar-refractivity contribution in [3.8, 4) is 0 Å². The zero-order chi connectivity index (χ0) is 15.4. The molecule has 0 aliphatic heterocycles. The van der Waals surface area contributed by atoms with E-state index in [4.69, 9.17) is 9.15 Å². The van der Waals surface area contributed by atoms with E-state index in [-0.39, 0.29) is 11.4 Å². The molecule has 0 aliphatic rings. The highest BCUT2D eigenvalue weighted by atomic mass is 32.2. The predicted molar refractivity (Wildman–Crippen MR) is 77.1 cm³/mol. The van der Waals surface area contributed by atoms with Crippen molar-refractivity contribution in [2.75, 3.05) is 20.2 Å². The zero-order valence-corrected chi connectivity index (χ0v) is 13.6. The van der Waals surface area contributed by atoms with E-state index in [1.807, 2.05) is 20.8 Å². The number of sulfonamides is 1. The number of furan rings is 1. The van der Waals surface area contributed by atoms with E-state index in [0.29, 0.717) is 24.7 Å². The fraction of sp³-hybridized carbons (Fsp3) is 0.692. The van der Waals surface area contributed by atoms with Crippen molar-refractivity contribution in [3.63, 3.8) is 0 Å². The average molecular weight is 304 g/mol. The SMILES string of the molecule is CCOC(C)(C)CNS(=O)(=O)c1cc(CNC)oc1C. The number of ether oxygens (including phenoxy) is 1. The lowest BCUT2D eigenvalue weighted by molar-refractivity contribution is -0.00515. The normalized spacial score (nSPS) is 12.8. The third-order valence-corrected chi connectivity index (χ3v) is 4.30. The second-order valence-electron chi connectivity index (χ2n) is 5.18. The highest BCUT2D eigenvalue weighted by molar-refractivity contribution is 7.89. The van der Waals surface area contributed by atoms with Crippen LogP contribution in [0.15, 0.2) is 15.4 Å². The summed E-state index contributed by atoms with van der Waals surface area (Å²) in [6.07, 6.45) is 0. The molecule has 0 spiro atoms.